The summed E-state index contributed by atoms with van der Waals surface area (Å²) in [6, 6.07) is 18.5. The van der Waals surface area contributed by atoms with E-state index in [1.54, 1.807) is 17.0 Å². The fourth-order valence-electron chi connectivity index (χ4n) is 5.30. The number of hydrogen-bond donors (Lipinski definition) is 1. The van der Waals surface area contributed by atoms with Crippen LogP contribution < -0.4 is 14.4 Å². The first-order valence-corrected chi connectivity index (χ1v) is 11.7. The number of hydrogen-bond acceptors (Lipinski definition) is 5. The van der Waals surface area contributed by atoms with Gasteiger partial charge >= 0.3 is 0 Å². The minimum atomic E-state index is -1.90. The van der Waals surface area contributed by atoms with Crippen molar-refractivity contribution in [3.63, 3.8) is 0 Å². The number of carbonyl (C=O) groups is 2. The maximum Gasteiger partial charge on any atom is 0.264 e. The third-order valence-electron chi connectivity index (χ3n) is 7.10. The molecule has 1 aliphatic carbocycles. The summed E-state index contributed by atoms with van der Waals surface area (Å²) in [7, 11) is 0. The van der Waals surface area contributed by atoms with Crippen molar-refractivity contribution in [2.75, 3.05) is 11.7 Å². The molecule has 0 unspecified atom stereocenters. The third kappa shape index (κ3) is 3.37. The molecule has 6 rings (SSSR count). The molecule has 3 aromatic rings. The molecule has 0 saturated heterocycles. The number of para-hydroxylation sites is 1. The fraction of sp³-hybridized carbons (Fsp3) is 0.286. The predicted molar refractivity (Wildman–Crippen MR) is 126 cm³/mol. The quantitative estimate of drug-likeness (QED) is 0.581. The lowest BCUT2D eigenvalue weighted by Crippen LogP contribution is -2.41. The molecule has 172 valence electrons. The lowest BCUT2D eigenvalue weighted by Gasteiger charge is -2.23. The van der Waals surface area contributed by atoms with Crippen molar-refractivity contribution in [1.82, 2.24) is 0 Å². The van der Waals surface area contributed by atoms with E-state index in [1.807, 2.05) is 48.5 Å². The van der Waals surface area contributed by atoms with E-state index in [0.717, 1.165) is 24.8 Å². The van der Waals surface area contributed by atoms with E-state index in [0.29, 0.717) is 28.3 Å². The van der Waals surface area contributed by atoms with Crippen LogP contribution in [-0.4, -0.2) is 23.6 Å². The van der Waals surface area contributed by atoms with E-state index in [2.05, 4.69) is 0 Å². The maximum absolute atomic E-state index is 13.6. The first-order valence-electron chi connectivity index (χ1n) is 11.7. The van der Waals surface area contributed by atoms with Crippen molar-refractivity contribution in [1.29, 1.82) is 0 Å². The van der Waals surface area contributed by atoms with Crippen molar-refractivity contribution < 1.29 is 24.2 Å². The summed E-state index contributed by atoms with van der Waals surface area (Å²) in [5, 5.41) is 11.6. The Kier molecular flexibility index (Phi) is 4.92. The highest BCUT2D eigenvalue weighted by Crippen LogP contribution is 2.44. The number of nitrogens with zero attached hydrogens (tertiary/aromatic N) is 1. The predicted octanol–water partition coefficient (Wildman–Crippen LogP) is 4.30. The number of ketones is 1. The molecule has 0 saturated carbocycles. The molecule has 0 aromatic heterocycles. The highest BCUT2D eigenvalue weighted by molar-refractivity contribution is 6.10. The first kappa shape index (κ1) is 20.9. The van der Waals surface area contributed by atoms with Gasteiger partial charge in [-0.1, -0.05) is 36.4 Å². The second kappa shape index (κ2) is 7.99. The van der Waals surface area contributed by atoms with Crippen LogP contribution in [0.15, 0.2) is 60.7 Å². The Balaban J connectivity index is 1.29. The van der Waals surface area contributed by atoms with Crippen molar-refractivity contribution in [3.8, 4) is 11.5 Å². The van der Waals surface area contributed by atoms with Gasteiger partial charge in [0.25, 0.3) is 5.91 Å². The molecule has 1 atom stereocenters. The molecule has 6 heteroatoms. The van der Waals surface area contributed by atoms with Gasteiger partial charge in [-0.25, -0.2) is 0 Å². The van der Waals surface area contributed by atoms with Crippen LogP contribution >= 0.6 is 0 Å². The molecule has 1 N–H and O–H groups in total. The van der Waals surface area contributed by atoms with Gasteiger partial charge in [-0.2, -0.15) is 0 Å². The van der Waals surface area contributed by atoms with Crippen LogP contribution in [0.25, 0.3) is 0 Å². The van der Waals surface area contributed by atoms with Crippen molar-refractivity contribution in [2.45, 2.75) is 44.2 Å². The zero-order valence-electron chi connectivity index (χ0n) is 18.8. The third-order valence-corrected chi connectivity index (χ3v) is 7.10. The molecule has 2 aliphatic heterocycles. The molecule has 0 bridgehead atoms. The lowest BCUT2D eigenvalue weighted by atomic mass is 9.85. The monoisotopic (exact) mass is 455 g/mol. The molecular formula is C28H25NO5. The molecule has 0 spiro atoms. The number of fused-ring (bicyclic) bond motifs is 3. The number of benzene rings is 3. The minimum absolute atomic E-state index is 0.175. The number of aliphatic hydroxyl groups is 1. The smallest absolute Gasteiger partial charge is 0.264 e. The average molecular weight is 456 g/mol. The highest BCUT2D eigenvalue weighted by atomic mass is 16.7. The van der Waals surface area contributed by atoms with E-state index >= 15 is 0 Å². The van der Waals surface area contributed by atoms with Crippen LogP contribution in [0, 0.1) is 0 Å². The van der Waals surface area contributed by atoms with E-state index in [1.165, 1.54) is 17.5 Å². The van der Waals surface area contributed by atoms with Crippen molar-refractivity contribution in [2.24, 2.45) is 0 Å². The van der Waals surface area contributed by atoms with E-state index in [-0.39, 0.29) is 25.5 Å². The van der Waals surface area contributed by atoms with Gasteiger partial charge in [0.15, 0.2) is 22.9 Å². The number of carbonyl (C=O) groups excluding carboxylic acids is 2. The van der Waals surface area contributed by atoms with Crippen LogP contribution in [0.5, 0.6) is 11.5 Å². The normalized spacial score (nSPS) is 20.3. The van der Waals surface area contributed by atoms with Crippen LogP contribution in [0.4, 0.5) is 5.69 Å². The molecular weight excluding hydrogens is 430 g/mol. The lowest BCUT2D eigenvalue weighted by molar-refractivity contribution is -0.136. The number of amides is 1. The molecule has 6 nitrogen and oxygen atoms in total. The maximum atomic E-state index is 13.6. The fourth-order valence-corrected chi connectivity index (χ4v) is 5.30. The Labute approximate surface area is 197 Å². The molecule has 0 fully saturated rings. The average Bonchev–Trinajstić information content (AvgIpc) is 3.41. The number of Topliss-reactive ketones (excluding diaryl/α,β-unsaturated/α-hetero) is 1. The van der Waals surface area contributed by atoms with E-state index < -0.39 is 11.5 Å². The van der Waals surface area contributed by atoms with Crippen molar-refractivity contribution in [3.05, 3.63) is 88.5 Å². The first-order chi connectivity index (χ1) is 16.5. The Bertz CT molecular complexity index is 1320. The van der Waals surface area contributed by atoms with Gasteiger partial charge in [-0.05, 0) is 66.6 Å². The molecule has 3 aliphatic rings. The summed E-state index contributed by atoms with van der Waals surface area (Å²) in [5.74, 6) is 0.584. The largest absolute Gasteiger partial charge is 0.454 e. The van der Waals surface area contributed by atoms with E-state index in [9.17, 15) is 14.7 Å². The molecule has 0 radical (unpaired) electrons. The van der Waals surface area contributed by atoms with Gasteiger partial charge in [0.1, 0.15) is 0 Å². The topological polar surface area (TPSA) is 76.1 Å². The Morgan fingerprint density at radius 1 is 0.941 bits per heavy atom. The minimum Gasteiger partial charge on any atom is -0.454 e. The summed E-state index contributed by atoms with van der Waals surface area (Å²) >= 11 is 0. The standard InChI is InChI=1S/C28H25NO5/c30-24(21-11-10-19-5-1-2-6-20(19)14-21)15-28(32)22-7-3-4-8-23(22)29(27(28)31)16-18-9-12-25-26(13-18)34-17-33-25/h3-4,7-14,32H,1-2,5-6,15-17H2/t28-/m1/s1. The van der Waals surface area contributed by atoms with Gasteiger partial charge in [0.05, 0.1) is 18.7 Å². The second-order valence-electron chi connectivity index (χ2n) is 9.25. The molecule has 3 aromatic carbocycles. The summed E-state index contributed by atoms with van der Waals surface area (Å²) in [6.07, 6.45) is 4.00. The summed E-state index contributed by atoms with van der Waals surface area (Å²) in [4.78, 5) is 28.4. The van der Waals surface area contributed by atoms with Crippen LogP contribution in [0.3, 0.4) is 0 Å². The van der Waals surface area contributed by atoms with Gasteiger partial charge < -0.3 is 19.5 Å². The van der Waals surface area contributed by atoms with Crippen LogP contribution in [0.1, 0.15) is 51.9 Å². The number of aryl methyl sites for hydroxylation is 2. The second-order valence-corrected chi connectivity index (χ2v) is 9.25. The highest BCUT2D eigenvalue weighted by Gasteiger charge is 2.50. The molecule has 2 heterocycles. The summed E-state index contributed by atoms with van der Waals surface area (Å²) in [6.45, 7) is 0.427. The van der Waals surface area contributed by atoms with Gasteiger partial charge in [0.2, 0.25) is 6.79 Å². The summed E-state index contributed by atoms with van der Waals surface area (Å²) < 4.78 is 10.8. The number of anilines is 1. The van der Waals surface area contributed by atoms with Crippen molar-refractivity contribution >= 4 is 17.4 Å². The Hall–Kier alpha value is -3.64. The van der Waals surface area contributed by atoms with E-state index in [4.69, 9.17) is 9.47 Å². The zero-order valence-corrected chi connectivity index (χ0v) is 18.8. The van der Waals surface area contributed by atoms with Crippen LogP contribution in [-0.2, 0) is 29.8 Å². The molecule has 34 heavy (non-hydrogen) atoms. The molecule has 1 amide bonds. The number of ether oxygens (including phenoxy) is 2. The van der Waals surface area contributed by atoms with Gasteiger partial charge in [-0.3, -0.25) is 9.59 Å². The number of rotatable bonds is 5. The Morgan fingerprint density at radius 2 is 1.74 bits per heavy atom. The zero-order chi connectivity index (χ0) is 23.3. The van der Waals surface area contributed by atoms with Gasteiger partial charge in [0, 0.05) is 11.1 Å². The SMILES string of the molecule is O=C(C[C@]1(O)C(=O)N(Cc2ccc3c(c2)OCO3)c2ccccc21)c1ccc2c(c1)CCCC2. The van der Waals surface area contributed by atoms with Gasteiger partial charge in [-0.15, -0.1) is 0 Å². The Morgan fingerprint density at radius 3 is 2.62 bits per heavy atom. The summed E-state index contributed by atoms with van der Waals surface area (Å²) in [5.41, 5.74) is 3.06. The van der Waals surface area contributed by atoms with Crippen LogP contribution in [0.2, 0.25) is 0 Å².